The van der Waals surface area contributed by atoms with E-state index in [0.717, 1.165) is 29.9 Å². The minimum Gasteiger partial charge on any atom is -0.356 e. The molecule has 1 amide bonds. The van der Waals surface area contributed by atoms with Crippen LogP contribution in [0.2, 0.25) is 0 Å². The largest absolute Gasteiger partial charge is 0.356 e. The maximum atomic E-state index is 11.9. The summed E-state index contributed by atoms with van der Waals surface area (Å²) in [6.45, 7) is 2.07. The van der Waals surface area contributed by atoms with E-state index in [4.69, 9.17) is 0 Å². The third-order valence-electron chi connectivity index (χ3n) is 3.97. The number of anilines is 3. The van der Waals surface area contributed by atoms with Gasteiger partial charge in [-0.1, -0.05) is 24.1 Å². The second-order valence-electron chi connectivity index (χ2n) is 5.69. The molecule has 0 atom stereocenters. The third-order valence-corrected chi connectivity index (χ3v) is 3.97. The van der Waals surface area contributed by atoms with Gasteiger partial charge in [0.1, 0.15) is 0 Å². The van der Waals surface area contributed by atoms with Gasteiger partial charge in [0.25, 0.3) is 0 Å². The highest BCUT2D eigenvalue weighted by atomic mass is 16.1. The highest BCUT2D eigenvalue weighted by Crippen LogP contribution is 2.28. The zero-order valence-corrected chi connectivity index (χ0v) is 12.2. The van der Waals surface area contributed by atoms with Crippen molar-refractivity contribution in [2.75, 3.05) is 10.6 Å². The fraction of sp³-hybridized carbons (Fsp3) is 0.278. The highest BCUT2D eigenvalue weighted by molar-refractivity contribution is 5.93. The van der Waals surface area contributed by atoms with Crippen LogP contribution in [-0.2, 0) is 4.79 Å². The average molecular weight is 280 g/mol. The summed E-state index contributed by atoms with van der Waals surface area (Å²) < 4.78 is 0. The van der Waals surface area contributed by atoms with Gasteiger partial charge in [0.15, 0.2) is 0 Å². The first-order chi connectivity index (χ1) is 10.2. The van der Waals surface area contributed by atoms with E-state index in [1.165, 1.54) is 12.0 Å². The molecule has 3 rings (SSSR count). The van der Waals surface area contributed by atoms with Crippen molar-refractivity contribution in [3.63, 3.8) is 0 Å². The summed E-state index contributed by atoms with van der Waals surface area (Å²) in [7, 11) is 0. The Morgan fingerprint density at radius 2 is 1.43 bits per heavy atom. The van der Waals surface area contributed by atoms with E-state index in [1.54, 1.807) is 0 Å². The molecule has 0 aliphatic heterocycles. The smallest absolute Gasteiger partial charge is 0.227 e. The molecule has 0 unspecified atom stereocenters. The second kappa shape index (κ2) is 6.00. The number of hydrogen-bond donors (Lipinski definition) is 2. The molecule has 21 heavy (non-hydrogen) atoms. The predicted octanol–water partition coefficient (Wildman–Crippen LogP) is 4.48. The van der Waals surface area contributed by atoms with Crippen molar-refractivity contribution in [3.05, 3.63) is 54.1 Å². The molecule has 0 aromatic heterocycles. The molecule has 1 aliphatic carbocycles. The van der Waals surface area contributed by atoms with Crippen molar-refractivity contribution in [2.45, 2.75) is 26.2 Å². The fourth-order valence-electron chi connectivity index (χ4n) is 2.36. The van der Waals surface area contributed by atoms with Gasteiger partial charge in [-0.25, -0.2) is 0 Å². The molecule has 0 saturated heterocycles. The van der Waals surface area contributed by atoms with Gasteiger partial charge < -0.3 is 10.6 Å². The molecule has 1 saturated carbocycles. The van der Waals surface area contributed by atoms with Crippen molar-refractivity contribution in [1.82, 2.24) is 0 Å². The zero-order chi connectivity index (χ0) is 14.7. The summed E-state index contributed by atoms with van der Waals surface area (Å²) in [6, 6.07) is 16.1. The van der Waals surface area contributed by atoms with Gasteiger partial charge in [0, 0.05) is 23.0 Å². The first kappa shape index (κ1) is 13.7. The van der Waals surface area contributed by atoms with Crippen LogP contribution in [0, 0.1) is 12.8 Å². The van der Waals surface area contributed by atoms with Gasteiger partial charge in [0.05, 0.1) is 0 Å². The van der Waals surface area contributed by atoms with Gasteiger partial charge in [-0.2, -0.15) is 0 Å². The molecule has 2 aromatic rings. The predicted molar refractivity (Wildman–Crippen MR) is 86.9 cm³/mol. The summed E-state index contributed by atoms with van der Waals surface area (Å²) in [4.78, 5) is 11.9. The van der Waals surface area contributed by atoms with Gasteiger partial charge in [-0.05, 0) is 56.2 Å². The number of nitrogens with one attached hydrogen (secondary N) is 2. The fourth-order valence-corrected chi connectivity index (χ4v) is 2.36. The molecule has 2 N–H and O–H groups in total. The molecule has 3 heteroatoms. The second-order valence-corrected chi connectivity index (χ2v) is 5.69. The minimum atomic E-state index is 0.153. The summed E-state index contributed by atoms with van der Waals surface area (Å²) >= 11 is 0. The normalized spacial score (nSPS) is 14.3. The average Bonchev–Trinajstić information content (AvgIpc) is 2.41. The molecule has 108 valence electrons. The Morgan fingerprint density at radius 3 is 1.95 bits per heavy atom. The van der Waals surface area contributed by atoms with Crippen molar-refractivity contribution >= 4 is 23.0 Å². The van der Waals surface area contributed by atoms with Gasteiger partial charge in [0.2, 0.25) is 5.91 Å². The van der Waals surface area contributed by atoms with Gasteiger partial charge in [-0.3, -0.25) is 4.79 Å². The lowest BCUT2D eigenvalue weighted by Crippen LogP contribution is -2.27. The highest BCUT2D eigenvalue weighted by Gasteiger charge is 2.24. The molecule has 3 nitrogen and oxygen atoms in total. The van der Waals surface area contributed by atoms with E-state index < -0.39 is 0 Å². The molecule has 1 aliphatic rings. The number of rotatable bonds is 4. The van der Waals surface area contributed by atoms with Crippen molar-refractivity contribution < 1.29 is 4.79 Å². The number of aryl methyl sites for hydroxylation is 1. The van der Waals surface area contributed by atoms with Crippen LogP contribution in [0.4, 0.5) is 17.1 Å². The monoisotopic (exact) mass is 280 g/mol. The molecule has 0 bridgehead atoms. The molecular weight excluding hydrogens is 260 g/mol. The molecule has 0 heterocycles. The van der Waals surface area contributed by atoms with Crippen LogP contribution in [0.15, 0.2) is 48.5 Å². The first-order valence-corrected chi connectivity index (χ1v) is 7.45. The Balaban J connectivity index is 1.60. The lowest BCUT2D eigenvalue weighted by molar-refractivity contribution is -0.122. The Kier molecular flexibility index (Phi) is 3.91. The van der Waals surface area contributed by atoms with E-state index in [-0.39, 0.29) is 11.8 Å². The van der Waals surface area contributed by atoms with Crippen molar-refractivity contribution in [1.29, 1.82) is 0 Å². The van der Waals surface area contributed by atoms with Crippen molar-refractivity contribution in [2.24, 2.45) is 5.92 Å². The molecular formula is C18H20N2O. The van der Waals surface area contributed by atoms with Crippen LogP contribution in [0.3, 0.4) is 0 Å². The standard InChI is InChI=1S/C18H20N2O/c1-13-5-7-15(8-6-13)19-16-9-11-17(12-10-16)20-18(21)14-3-2-4-14/h5-12,14,19H,2-4H2,1H3,(H,20,21). The number of carbonyl (C=O) groups is 1. The Morgan fingerprint density at radius 1 is 0.905 bits per heavy atom. The topological polar surface area (TPSA) is 41.1 Å². The summed E-state index contributed by atoms with van der Waals surface area (Å²) in [5.41, 5.74) is 4.18. The molecule has 2 aromatic carbocycles. The zero-order valence-electron chi connectivity index (χ0n) is 12.2. The third kappa shape index (κ3) is 3.43. The number of benzene rings is 2. The Bertz CT molecular complexity index is 613. The Labute approximate surface area is 125 Å². The SMILES string of the molecule is Cc1ccc(Nc2ccc(NC(=O)C3CCC3)cc2)cc1. The van der Waals surface area contributed by atoms with Crippen LogP contribution in [0.5, 0.6) is 0 Å². The van der Waals surface area contributed by atoms with Crippen LogP contribution < -0.4 is 10.6 Å². The number of amides is 1. The summed E-state index contributed by atoms with van der Waals surface area (Å²) in [5, 5.41) is 6.32. The van der Waals surface area contributed by atoms with E-state index in [0.29, 0.717) is 0 Å². The van der Waals surface area contributed by atoms with E-state index in [9.17, 15) is 4.79 Å². The van der Waals surface area contributed by atoms with Crippen molar-refractivity contribution in [3.8, 4) is 0 Å². The summed E-state index contributed by atoms with van der Waals surface area (Å²) in [6.07, 6.45) is 3.23. The van der Waals surface area contributed by atoms with Crippen LogP contribution >= 0.6 is 0 Å². The molecule has 0 radical (unpaired) electrons. The van der Waals surface area contributed by atoms with Crippen LogP contribution in [0.25, 0.3) is 0 Å². The Hall–Kier alpha value is -2.29. The molecule has 1 fully saturated rings. The lowest BCUT2D eigenvalue weighted by Gasteiger charge is -2.24. The lowest BCUT2D eigenvalue weighted by atomic mass is 9.85. The quantitative estimate of drug-likeness (QED) is 0.867. The maximum absolute atomic E-state index is 11.9. The van der Waals surface area contributed by atoms with Crippen LogP contribution in [-0.4, -0.2) is 5.91 Å². The summed E-state index contributed by atoms with van der Waals surface area (Å²) in [5.74, 6) is 0.371. The first-order valence-electron chi connectivity index (χ1n) is 7.45. The van der Waals surface area contributed by atoms with E-state index >= 15 is 0 Å². The van der Waals surface area contributed by atoms with Gasteiger partial charge in [-0.15, -0.1) is 0 Å². The van der Waals surface area contributed by atoms with Crippen LogP contribution in [0.1, 0.15) is 24.8 Å². The van der Waals surface area contributed by atoms with E-state index in [2.05, 4.69) is 41.8 Å². The maximum Gasteiger partial charge on any atom is 0.227 e. The van der Waals surface area contributed by atoms with E-state index in [1.807, 2.05) is 24.3 Å². The number of carbonyl (C=O) groups excluding carboxylic acids is 1. The van der Waals surface area contributed by atoms with Gasteiger partial charge >= 0.3 is 0 Å². The number of hydrogen-bond acceptors (Lipinski definition) is 2. The molecule has 0 spiro atoms. The minimum absolute atomic E-state index is 0.153.